The molecule has 1 N–H and O–H groups in total. The van der Waals surface area contributed by atoms with Crippen LogP contribution >= 0.6 is 11.6 Å². The maximum atomic E-state index is 9.38. The molecule has 0 saturated carbocycles. The second-order valence-corrected chi connectivity index (χ2v) is 5.34. The molecule has 2 saturated heterocycles. The fourth-order valence-electron chi connectivity index (χ4n) is 2.74. The summed E-state index contributed by atoms with van der Waals surface area (Å²) in [5.74, 6) is 0.150. The normalized spacial score (nSPS) is 28.5. The Morgan fingerprint density at radius 1 is 1.29 bits per heavy atom. The van der Waals surface area contributed by atoms with E-state index in [9.17, 15) is 5.11 Å². The number of aromatic hydroxyl groups is 1. The minimum Gasteiger partial charge on any atom is -0.506 e. The summed E-state index contributed by atoms with van der Waals surface area (Å²) >= 11 is 5.91. The van der Waals surface area contributed by atoms with E-state index in [-0.39, 0.29) is 5.75 Å². The molecule has 2 aliphatic rings. The average Bonchev–Trinajstić information content (AvgIpc) is 2.64. The molecule has 17 heavy (non-hydrogen) atoms. The number of hydrogen-bond donors (Lipinski definition) is 1. The standard InChI is InChI=1S/C13H16ClNO2/c14-12-5-9(1-4-13(12)16)6-15-7-10-2-3-11(8-15)17-10/h1,4-5,10-11,16H,2-3,6-8H2. The molecule has 0 amide bonds. The van der Waals surface area contributed by atoms with E-state index < -0.39 is 0 Å². The molecule has 0 aliphatic carbocycles. The van der Waals surface area contributed by atoms with Crippen molar-refractivity contribution in [2.24, 2.45) is 0 Å². The van der Waals surface area contributed by atoms with Gasteiger partial charge in [-0.2, -0.15) is 0 Å². The van der Waals surface area contributed by atoms with E-state index >= 15 is 0 Å². The first-order chi connectivity index (χ1) is 8.20. The van der Waals surface area contributed by atoms with Gasteiger partial charge in [-0.25, -0.2) is 0 Å². The maximum absolute atomic E-state index is 9.38. The van der Waals surface area contributed by atoms with Crippen molar-refractivity contribution < 1.29 is 9.84 Å². The minimum absolute atomic E-state index is 0.150. The van der Waals surface area contributed by atoms with Gasteiger partial charge in [0, 0.05) is 19.6 Å². The van der Waals surface area contributed by atoms with Crippen molar-refractivity contribution in [1.29, 1.82) is 0 Å². The Labute approximate surface area is 106 Å². The van der Waals surface area contributed by atoms with Gasteiger partial charge in [0.25, 0.3) is 0 Å². The van der Waals surface area contributed by atoms with E-state index in [1.165, 1.54) is 12.8 Å². The number of benzene rings is 1. The lowest BCUT2D eigenvalue weighted by atomic mass is 10.2. The second kappa shape index (κ2) is 4.48. The first-order valence-electron chi connectivity index (χ1n) is 6.06. The Kier molecular flexibility index (Phi) is 2.99. The summed E-state index contributed by atoms with van der Waals surface area (Å²) in [5.41, 5.74) is 1.15. The van der Waals surface area contributed by atoms with Gasteiger partial charge in [-0.3, -0.25) is 4.90 Å². The fourth-order valence-corrected chi connectivity index (χ4v) is 2.94. The zero-order valence-corrected chi connectivity index (χ0v) is 10.4. The summed E-state index contributed by atoms with van der Waals surface area (Å²) in [6, 6.07) is 5.43. The highest BCUT2D eigenvalue weighted by atomic mass is 35.5. The average molecular weight is 254 g/mol. The lowest BCUT2D eigenvalue weighted by Crippen LogP contribution is -2.41. The number of likely N-dealkylation sites (tertiary alicyclic amines) is 1. The first kappa shape index (κ1) is 11.3. The number of ether oxygens (including phenoxy) is 1. The summed E-state index contributed by atoms with van der Waals surface area (Å²) in [5, 5.41) is 9.81. The molecule has 2 aliphatic heterocycles. The molecule has 2 heterocycles. The highest BCUT2D eigenvalue weighted by Crippen LogP contribution is 2.28. The number of nitrogens with zero attached hydrogens (tertiary/aromatic N) is 1. The van der Waals surface area contributed by atoms with Crippen LogP contribution in [0.2, 0.25) is 5.02 Å². The Bertz CT molecular complexity index is 412. The number of phenols is 1. The predicted molar refractivity (Wildman–Crippen MR) is 66.3 cm³/mol. The molecule has 2 fully saturated rings. The summed E-state index contributed by atoms with van der Waals surface area (Å²) in [4.78, 5) is 2.41. The molecule has 0 spiro atoms. The van der Waals surface area contributed by atoms with Gasteiger partial charge in [0.05, 0.1) is 17.2 Å². The zero-order valence-electron chi connectivity index (χ0n) is 9.60. The van der Waals surface area contributed by atoms with Gasteiger partial charge >= 0.3 is 0 Å². The monoisotopic (exact) mass is 253 g/mol. The SMILES string of the molecule is Oc1ccc(CN2CC3CCC(C2)O3)cc1Cl. The molecule has 0 aromatic heterocycles. The van der Waals surface area contributed by atoms with E-state index in [1.54, 1.807) is 6.07 Å². The molecule has 1 aromatic rings. The lowest BCUT2D eigenvalue weighted by molar-refractivity contribution is -0.0410. The molecule has 4 heteroatoms. The van der Waals surface area contributed by atoms with Gasteiger partial charge in [-0.05, 0) is 30.5 Å². The van der Waals surface area contributed by atoms with Crippen LogP contribution in [-0.2, 0) is 11.3 Å². The molecule has 92 valence electrons. The van der Waals surface area contributed by atoms with Gasteiger partial charge in [0.2, 0.25) is 0 Å². The fraction of sp³-hybridized carbons (Fsp3) is 0.538. The molecule has 2 bridgehead atoms. The van der Waals surface area contributed by atoms with Crippen LogP contribution in [0, 0.1) is 0 Å². The third-order valence-electron chi connectivity index (χ3n) is 3.54. The molecule has 3 rings (SSSR count). The van der Waals surface area contributed by atoms with Crippen molar-refractivity contribution in [2.75, 3.05) is 13.1 Å². The largest absolute Gasteiger partial charge is 0.506 e. The van der Waals surface area contributed by atoms with E-state index in [1.807, 2.05) is 12.1 Å². The highest BCUT2D eigenvalue weighted by Gasteiger charge is 2.33. The van der Waals surface area contributed by atoms with Gasteiger partial charge < -0.3 is 9.84 Å². The Balaban J connectivity index is 1.68. The molecule has 1 aromatic carbocycles. The van der Waals surface area contributed by atoms with Crippen molar-refractivity contribution in [3.63, 3.8) is 0 Å². The quantitative estimate of drug-likeness (QED) is 0.879. The van der Waals surface area contributed by atoms with Gasteiger partial charge in [-0.1, -0.05) is 17.7 Å². The van der Waals surface area contributed by atoms with E-state index in [0.717, 1.165) is 25.2 Å². The van der Waals surface area contributed by atoms with Crippen LogP contribution in [0.5, 0.6) is 5.75 Å². The van der Waals surface area contributed by atoms with Crippen LogP contribution in [0.15, 0.2) is 18.2 Å². The molecule has 3 nitrogen and oxygen atoms in total. The molecular weight excluding hydrogens is 238 g/mol. The van der Waals surface area contributed by atoms with Gasteiger partial charge in [0.15, 0.2) is 0 Å². The Hall–Kier alpha value is -0.770. The van der Waals surface area contributed by atoms with Crippen LogP contribution in [-0.4, -0.2) is 35.3 Å². The number of hydrogen-bond acceptors (Lipinski definition) is 3. The van der Waals surface area contributed by atoms with Crippen molar-refractivity contribution in [1.82, 2.24) is 4.90 Å². The molecular formula is C13H16ClNO2. The smallest absolute Gasteiger partial charge is 0.134 e. The topological polar surface area (TPSA) is 32.7 Å². The highest BCUT2D eigenvalue weighted by molar-refractivity contribution is 6.32. The first-order valence-corrected chi connectivity index (χ1v) is 6.44. The predicted octanol–water partition coefficient (Wildman–Crippen LogP) is 2.41. The lowest BCUT2D eigenvalue weighted by Gasteiger charge is -2.32. The van der Waals surface area contributed by atoms with E-state index in [0.29, 0.717) is 17.2 Å². The maximum Gasteiger partial charge on any atom is 0.134 e. The number of rotatable bonds is 2. The van der Waals surface area contributed by atoms with Gasteiger partial charge in [0.1, 0.15) is 5.75 Å². The summed E-state index contributed by atoms with van der Waals surface area (Å²) in [6.45, 7) is 2.90. The van der Waals surface area contributed by atoms with Crippen LogP contribution in [0.1, 0.15) is 18.4 Å². The van der Waals surface area contributed by atoms with Crippen molar-refractivity contribution in [2.45, 2.75) is 31.6 Å². The van der Waals surface area contributed by atoms with Crippen LogP contribution < -0.4 is 0 Å². The molecule has 2 unspecified atom stereocenters. The van der Waals surface area contributed by atoms with Crippen molar-refractivity contribution in [3.05, 3.63) is 28.8 Å². The zero-order chi connectivity index (χ0) is 11.8. The second-order valence-electron chi connectivity index (χ2n) is 4.94. The van der Waals surface area contributed by atoms with Gasteiger partial charge in [-0.15, -0.1) is 0 Å². The third-order valence-corrected chi connectivity index (χ3v) is 3.84. The van der Waals surface area contributed by atoms with E-state index in [2.05, 4.69) is 4.90 Å². The minimum atomic E-state index is 0.150. The van der Waals surface area contributed by atoms with Crippen LogP contribution in [0.3, 0.4) is 0 Å². The summed E-state index contributed by atoms with van der Waals surface area (Å²) < 4.78 is 5.80. The van der Waals surface area contributed by atoms with E-state index in [4.69, 9.17) is 16.3 Å². The number of halogens is 1. The van der Waals surface area contributed by atoms with Crippen LogP contribution in [0.4, 0.5) is 0 Å². The Morgan fingerprint density at radius 2 is 2.00 bits per heavy atom. The molecule has 0 radical (unpaired) electrons. The summed E-state index contributed by atoms with van der Waals surface area (Å²) in [7, 11) is 0. The van der Waals surface area contributed by atoms with Crippen molar-refractivity contribution >= 4 is 11.6 Å². The summed E-state index contributed by atoms with van der Waals surface area (Å²) in [6.07, 6.45) is 3.22. The number of fused-ring (bicyclic) bond motifs is 2. The Morgan fingerprint density at radius 3 is 2.65 bits per heavy atom. The van der Waals surface area contributed by atoms with Crippen LogP contribution in [0.25, 0.3) is 0 Å². The number of phenolic OH excluding ortho intramolecular Hbond substituents is 1. The third kappa shape index (κ3) is 2.41. The number of morpholine rings is 1. The molecule has 2 atom stereocenters. The van der Waals surface area contributed by atoms with Crippen molar-refractivity contribution in [3.8, 4) is 5.75 Å².